The minimum atomic E-state index is 0. The summed E-state index contributed by atoms with van der Waals surface area (Å²) in [6.45, 7) is 13.2. The predicted octanol–water partition coefficient (Wildman–Crippen LogP) is 3.08. The highest BCUT2D eigenvalue weighted by Gasteiger charge is 2.20. The molecule has 0 aliphatic carbocycles. The topological polar surface area (TPSA) is 39.7 Å². The van der Waals surface area contributed by atoms with E-state index in [-0.39, 0.29) is 24.0 Å². The maximum Gasteiger partial charge on any atom is 0.191 e. The largest absolute Gasteiger partial charge is 0.357 e. The molecule has 0 amide bonds. The van der Waals surface area contributed by atoms with Gasteiger partial charge in [0.2, 0.25) is 0 Å². The van der Waals surface area contributed by atoms with Crippen LogP contribution in [0.1, 0.15) is 52.9 Å². The van der Waals surface area contributed by atoms with Crippen molar-refractivity contribution < 1.29 is 0 Å². The third-order valence-electron chi connectivity index (χ3n) is 3.99. The highest BCUT2D eigenvalue weighted by molar-refractivity contribution is 14.0. The molecule has 1 aliphatic rings. The average molecular weight is 410 g/mol. The first kappa shape index (κ1) is 21.0. The monoisotopic (exact) mass is 410 g/mol. The van der Waals surface area contributed by atoms with E-state index >= 15 is 0 Å². The van der Waals surface area contributed by atoms with Gasteiger partial charge < -0.3 is 15.5 Å². The number of rotatable bonds is 9. The van der Waals surface area contributed by atoms with Crippen molar-refractivity contribution >= 4 is 29.9 Å². The number of aliphatic imine (C=N–C) groups is 1. The van der Waals surface area contributed by atoms with Gasteiger partial charge in [-0.15, -0.1) is 24.0 Å². The van der Waals surface area contributed by atoms with Gasteiger partial charge in [0.25, 0.3) is 0 Å². The normalized spacial score (nSPS) is 19.4. The van der Waals surface area contributed by atoms with Crippen LogP contribution < -0.4 is 10.6 Å². The summed E-state index contributed by atoms with van der Waals surface area (Å²) in [6.07, 6.45) is 6.49. The van der Waals surface area contributed by atoms with E-state index in [1.807, 2.05) is 0 Å². The quantitative estimate of drug-likeness (QED) is 0.266. The molecular formula is C16H35IN4. The minimum absolute atomic E-state index is 0. The Kier molecular flexibility index (Phi) is 13.6. The van der Waals surface area contributed by atoms with Crippen LogP contribution in [0.4, 0.5) is 0 Å². The van der Waals surface area contributed by atoms with E-state index in [4.69, 9.17) is 4.99 Å². The van der Waals surface area contributed by atoms with Gasteiger partial charge in [0.05, 0.1) is 0 Å². The zero-order valence-electron chi connectivity index (χ0n) is 14.2. The highest BCUT2D eigenvalue weighted by Crippen LogP contribution is 2.15. The summed E-state index contributed by atoms with van der Waals surface area (Å²) in [6, 6.07) is 0. The van der Waals surface area contributed by atoms with E-state index < -0.39 is 0 Å². The maximum atomic E-state index is 4.75. The van der Waals surface area contributed by atoms with E-state index in [1.165, 1.54) is 51.7 Å². The lowest BCUT2D eigenvalue weighted by Gasteiger charge is -2.14. The summed E-state index contributed by atoms with van der Waals surface area (Å²) in [4.78, 5) is 7.27. The SMILES string of the molecule is CCCCCCNC(=NCC1CCN(CC)C1)NCC.I. The lowest BCUT2D eigenvalue weighted by atomic mass is 10.1. The van der Waals surface area contributed by atoms with E-state index in [0.717, 1.165) is 31.5 Å². The van der Waals surface area contributed by atoms with Gasteiger partial charge in [-0.05, 0) is 38.8 Å². The fraction of sp³-hybridized carbons (Fsp3) is 0.938. The molecule has 0 aromatic carbocycles. The maximum absolute atomic E-state index is 4.75. The summed E-state index contributed by atoms with van der Waals surface area (Å²) in [5.74, 6) is 1.74. The zero-order chi connectivity index (χ0) is 14.6. The smallest absolute Gasteiger partial charge is 0.191 e. The van der Waals surface area contributed by atoms with Gasteiger partial charge in [-0.1, -0.05) is 33.1 Å². The van der Waals surface area contributed by atoms with Crippen molar-refractivity contribution in [2.75, 3.05) is 39.3 Å². The highest BCUT2D eigenvalue weighted by atomic mass is 127. The van der Waals surface area contributed by atoms with Gasteiger partial charge >= 0.3 is 0 Å². The standard InChI is InChI=1S/C16H34N4.HI/c1-4-7-8-9-11-18-16(17-5-2)19-13-15-10-12-20(6-3)14-15;/h15H,4-14H2,1-3H3,(H2,17,18,19);1H. The van der Waals surface area contributed by atoms with Gasteiger partial charge in [0.1, 0.15) is 0 Å². The second-order valence-corrected chi connectivity index (χ2v) is 5.75. The lowest BCUT2D eigenvalue weighted by molar-refractivity contribution is 0.343. The van der Waals surface area contributed by atoms with E-state index in [2.05, 4.69) is 36.3 Å². The van der Waals surface area contributed by atoms with Crippen LogP contribution in [-0.4, -0.2) is 50.1 Å². The van der Waals surface area contributed by atoms with Gasteiger partial charge in [-0.2, -0.15) is 0 Å². The number of hydrogen-bond acceptors (Lipinski definition) is 2. The molecular weight excluding hydrogens is 375 g/mol. The van der Waals surface area contributed by atoms with E-state index in [9.17, 15) is 0 Å². The molecule has 1 unspecified atom stereocenters. The van der Waals surface area contributed by atoms with Crippen LogP contribution in [0.5, 0.6) is 0 Å². The average Bonchev–Trinajstić information content (AvgIpc) is 2.92. The van der Waals surface area contributed by atoms with Crippen molar-refractivity contribution in [3.05, 3.63) is 0 Å². The van der Waals surface area contributed by atoms with E-state index in [1.54, 1.807) is 0 Å². The fourth-order valence-corrected chi connectivity index (χ4v) is 2.67. The number of halogens is 1. The molecule has 0 aromatic heterocycles. The number of likely N-dealkylation sites (tertiary alicyclic amines) is 1. The van der Waals surface area contributed by atoms with Crippen molar-refractivity contribution in [2.45, 2.75) is 52.9 Å². The predicted molar refractivity (Wildman–Crippen MR) is 104 cm³/mol. The summed E-state index contributed by atoms with van der Waals surface area (Å²) >= 11 is 0. The summed E-state index contributed by atoms with van der Waals surface area (Å²) < 4.78 is 0. The van der Waals surface area contributed by atoms with Crippen molar-refractivity contribution in [1.82, 2.24) is 15.5 Å². The molecule has 1 rings (SSSR count). The molecule has 0 spiro atoms. The van der Waals surface area contributed by atoms with Crippen LogP contribution in [0.3, 0.4) is 0 Å². The number of hydrogen-bond donors (Lipinski definition) is 2. The lowest BCUT2D eigenvalue weighted by Crippen LogP contribution is -2.38. The van der Waals surface area contributed by atoms with Crippen LogP contribution in [0.2, 0.25) is 0 Å². The molecule has 1 aliphatic heterocycles. The Labute approximate surface area is 148 Å². The minimum Gasteiger partial charge on any atom is -0.357 e. The first-order valence-electron chi connectivity index (χ1n) is 8.54. The molecule has 1 atom stereocenters. The molecule has 0 saturated carbocycles. The Bertz CT molecular complexity index is 271. The molecule has 2 N–H and O–H groups in total. The molecule has 4 nitrogen and oxygen atoms in total. The molecule has 126 valence electrons. The van der Waals surface area contributed by atoms with Gasteiger partial charge in [-0.3, -0.25) is 4.99 Å². The molecule has 0 bridgehead atoms. The summed E-state index contributed by atoms with van der Waals surface area (Å²) in [5.41, 5.74) is 0. The summed E-state index contributed by atoms with van der Waals surface area (Å²) in [5, 5.41) is 6.80. The molecule has 1 heterocycles. The first-order valence-corrected chi connectivity index (χ1v) is 8.54. The Morgan fingerprint density at radius 2 is 1.95 bits per heavy atom. The first-order chi connectivity index (χ1) is 9.80. The number of guanidine groups is 1. The van der Waals surface area contributed by atoms with Crippen LogP contribution >= 0.6 is 24.0 Å². The van der Waals surface area contributed by atoms with Crippen LogP contribution in [0.25, 0.3) is 0 Å². The molecule has 0 radical (unpaired) electrons. The Balaban J connectivity index is 0.00000400. The van der Waals surface area contributed by atoms with E-state index in [0.29, 0.717) is 0 Å². The van der Waals surface area contributed by atoms with Crippen molar-refractivity contribution in [3.63, 3.8) is 0 Å². The molecule has 21 heavy (non-hydrogen) atoms. The van der Waals surface area contributed by atoms with Crippen LogP contribution in [-0.2, 0) is 0 Å². The van der Waals surface area contributed by atoms with Crippen LogP contribution in [0, 0.1) is 5.92 Å². The van der Waals surface area contributed by atoms with Crippen molar-refractivity contribution in [1.29, 1.82) is 0 Å². The van der Waals surface area contributed by atoms with Gasteiger partial charge in [-0.25, -0.2) is 0 Å². The molecule has 5 heteroatoms. The Morgan fingerprint density at radius 3 is 2.57 bits per heavy atom. The fourth-order valence-electron chi connectivity index (χ4n) is 2.67. The van der Waals surface area contributed by atoms with Crippen LogP contribution in [0.15, 0.2) is 4.99 Å². The van der Waals surface area contributed by atoms with Crippen molar-refractivity contribution in [3.8, 4) is 0 Å². The molecule has 0 aromatic rings. The third kappa shape index (κ3) is 9.55. The Hall–Kier alpha value is -0.0400. The van der Waals surface area contributed by atoms with Gasteiger partial charge in [0.15, 0.2) is 5.96 Å². The zero-order valence-corrected chi connectivity index (χ0v) is 16.5. The second kappa shape index (κ2) is 13.6. The molecule has 1 saturated heterocycles. The number of unbranched alkanes of at least 4 members (excludes halogenated alkanes) is 3. The molecule has 1 fully saturated rings. The third-order valence-corrected chi connectivity index (χ3v) is 3.99. The second-order valence-electron chi connectivity index (χ2n) is 5.75. The number of nitrogens with one attached hydrogen (secondary N) is 2. The van der Waals surface area contributed by atoms with Gasteiger partial charge in [0, 0.05) is 26.2 Å². The Morgan fingerprint density at radius 1 is 1.14 bits per heavy atom. The summed E-state index contributed by atoms with van der Waals surface area (Å²) in [7, 11) is 0. The van der Waals surface area contributed by atoms with Crippen molar-refractivity contribution in [2.24, 2.45) is 10.9 Å². The number of nitrogens with zero attached hydrogens (tertiary/aromatic N) is 2.